The highest BCUT2D eigenvalue weighted by molar-refractivity contribution is 5.20. The van der Waals surface area contributed by atoms with Crippen LogP contribution in [-0.2, 0) is 15.9 Å². The predicted octanol–water partition coefficient (Wildman–Crippen LogP) is 8.36. The molecule has 1 unspecified atom stereocenters. The van der Waals surface area contributed by atoms with Crippen LogP contribution in [0.15, 0.2) is 12.1 Å². The molecule has 0 aliphatic carbocycles. The zero-order chi connectivity index (χ0) is 23.1. The quantitative estimate of drug-likeness (QED) is 0.167. The van der Waals surface area contributed by atoms with Crippen LogP contribution in [0.3, 0.4) is 0 Å². The van der Waals surface area contributed by atoms with Crippen molar-refractivity contribution in [1.82, 2.24) is 0 Å². The van der Waals surface area contributed by atoms with E-state index < -0.39 is 23.2 Å². The Morgan fingerprint density at radius 1 is 0.742 bits per heavy atom. The highest BCUT2D eigenvalue weighted by atomic mass is 19.1. The number of hydrogen-bond acceptors (Lipinski definition) is 2. The van der Waals surface area contributed by atoms with Crippen LogP contribution < -0.4 is 0 Å². The number of unbranched alkanes of at least 4 members (excludes halogenated alkanes) is 7. The van der Waals surface area contributed by atoms with Gasteiger partial charge in [-0.15, -0.1) is 0 Å². The average molecular weight is 445 g/mol. The molecule has 0 saturated carbocycles. The molecule has 1 aromatic rings. The summed E-state index contributed by atoms with van der Waals surface area (Å²) in [7, 11) is 0. The molecule has 0 radical (unpaired) electrons. The number of benzene rings is 1. The van der Waals surface area contributed by atoms with Crippen LogP contribution in [0.4, 0.5) is 13.2 Å². The van der Waals surface area contributed by atoms with Gasteiger partial charge in [0.15, 0.2) is 5.79 Å². The number of hydrogen-bond donors (Lipinski definition) is 0. The van der Waals surface area contributed by atoms with Crippen LogP contribution >= 0.6 is 0 Å². The normalized spacial score (nSPS) is 13.0. The van der Waals surface area contributed by atoms with Crippen molar-refractivity contribution in [3.05, 3.63) is 35.1 Å². The standard InChI is InChI=1S/C26H43F3O2/c1-5-8-9-10-11-13-16-21(26(4,30-6-2)31-7-3)17-14-12-15-18-23-24(28)19-22(27)20-25(23)29/h19-21H,5-18H2,1-4H3. The van der Waals surface area contributed by atoms with Crippen LogP contribution in [0.5, 0.6) is 0 Å². The van der Waals surface area contributed by atoms with Gasteiger partial charge in [0, 0.05) is 36.8 Å². The molecule has 0 bridgehead atoms. The van der Waals surface area contributed by atoms with E-state index in [1.54, 1.807) is 0 Å². The second kappa shape index (κ2) is 15.7. The fourth-order valence-electron chi connectivity index (χ4n) is 4.37. The largest absolute Gasteiger partial charge is 0.350 e. The minimum absolute atomic E-state index is 0.0153. The van der Waals surface area contributed by atoms with Crippen LogP contribution in [-0.4, -0.2) is 19.0 Å². The van der Waals surface area contributed by atoms with Gasteiger partial charge in [0.25, 0.3) is 0 Å². The minimum Gasteiger partial charge on any atom is -0.350 e. The second-order valence-electron chi connectivity index (χ2n) is 8.58. The number of ether oxygens (including phenoxy) is 2. The molecule has 0 N–H and O–H groups in total. The monoisotopic (exact) mass is 444 g/mol. The van der Waals surface area contributed by atoms with Crippen LogP contribution in [0.1, 0.15) is 104 Å². The first-order valence-electron chi connectivity index (χ1n) is 12.3. The molecular formula is C26H43F3O2. The van der Waals surface area contributed by atoms with E-state index >= 15 is 0 Å². The van der Waals surface area contributed by atoms with Crippen molar-refractivity contribution in [2.24, 2.45) is 5.92 Å². The van der Waals surface area contributed by atoms with Crippen LogP contribution in [0.25, 0.3) is 0 Å². The first-order valence-corrected chi connectivity index (χ1v) is 12.3. The molecule has 0 heterocycles. The maximum atomic E-state index is 13.8. The Morgan fingerprint density at radius 2 is 1.23 bits per heavy atom. The molecule has 1 rings (SSSR count). The van der Waals surface area contributed by atoms with Crippen molar-refractivity contribution in [3.63, 3.8) is 0 Å². The highest BCUT2D eigenvalue weighted by Crippen LogP contribution is 2.33. The SMILES string of the molecule is CCCCCCCCC(CCCCCc1c(F)cc(F)cc1F)C(C)(OCC)OCC. The zero-order valence-corrected chi connectivity index (χ0v) is 20.1. The Hall–Kier alpha value is -1.07. The Kier molecular flexibility index (Phi) is 14.1. The van der Waals surface area contributed by atoms with Gasteiger partial charge < -0.3 is 9.47 Å². The van der Waals surface area contributed by atoms with Gasteiger partial charge in [0.05, 0.1) is 0 Å². The van der Waals surface area contributed by atoms with E-state index in [1.807, 2.05) is 20.8 Å². The third kappa shape index (κ3) is 10.4. The van der Waals surface area contributed by atoms with Crippen molar-refractivity contribution in [3.8, 4) is 0 Å². The molecule has 1 atom stereocenters. The second-order valence-corrected chi connectivity index (χ2v) is 8.58. The molecule has 5 heteroatoms. The third-order valence-electron chi connectivity index (χ3n) is 6.09. The molecule has 180 valence electrons. The summed E-state index contributed by atoms with van der Waals surface area (Å²) in [5.41, 5.74) is -0.0153. The fraction of sp³-hybridized carbons (Fsp3) is 0.769. The van der Waals surface area contributed by atoms with Crippen LogP contribution in [0, 0.1) is 23.4 Å². The van der Waals surface area contributed by atoms with E-state index in [9.17, 15) is 13.2 Å². The molecule has 31 heavy (non-hydrogen) atoms. The third-order valence-corrected chi connectivity index (χ3v) is 6.09. The molecule has 2 nitrogen and oxygen atoms in total. The van der Waals surface area contributed by atoms with E-state index in [2.05, 4.69) is 6.92 Å². The molecule has 0 spiro atoms. The van der Waals surface area contributed by atoms with E-state index in [0.29, 0.717) is 19.6 Å². The van der Waals surface area contributed by atoms with Gasteiger partial charge in [-0.25, -0.2) is 13.2 Å². The Labute approximate surface area is 187 Å². The van der Waals surface area contributed by atoms with Gasteiger partial charge in [0.2, 0.25) is 0 Å². The summed E-state index contributed by atoms with van der Waals surface area (Å²) >= 11 is 0. The Balaban J connectivity index is 2.55. The molecule has 0 aliphatic rings. The van der Waals surface area contributed by atoms with E-state index in [-0.39, 0.29) is 17.9 Å². The molecule has 0 saturated heterocycles. The van der Waals surface area contributed by atoms with E-state index in [4.69, 9.17) is 9.47 Å². The van der Waals surface area contributed by atoms with Gasteiger partial charge in [0.1, 0.15) is 17.5 Å². The van der Waals surface area contributed by atoms with Crippen molar-refractivity contribution < 1.29 is 22.6 Å². The summed E-state index contributed by atoms with van der Waals surface area (Å²) in [5.74, 6) is -2.76. The smallest absolute Gasteiger partial charge is 0.168 e. The van der Waals surface area contributed by atoms with Gasteiger partial charge in [-0.05, 0) is 46.5 Å². The molecular weight excluding hydrogens is 401 g/mol. The maximum Gasteiger partial charge on any atom is 0.168 e. The highest BCUT2D eigenvalue weighted by Gasteiger charge is 2.34. The Bertz CT molecular complexity index is 577. The fourth-order valence-corrected chi connectivity index (χ4v) is 4.37. The number of rotatable bonds is 18. The minimum atomic E-state index is -0.873. The maximum absolute atomic E-state index is 13.8. The lowest BCUT2D eigenvalue weighted by Crippen LogP contribution is -2.41. The zero-order valence-electron chi connectivity index (χ0n) is 20.1. The van der Waals surface area contributed by atoms with Crippen molar-refractivity contribution in [2.75, 3.05) is 13.2 Å². The lowest BCUT2D eigenvalue weighted by molar-refractivity contribution is -0.254. The van der Waals surface area contributed by atoms with Gasteiger partial charge in [-0.2, -0.15) is 0 Å². The number of halogens is 3. The topological polar surface area (TPSA) is 18.5 Å². The molecule has 0 fully saturated rings. The first-order chi connectivity index (χ1) is 14.9. The lowest BCUT2D eigenvalue weighted by atomic mass is 9.87. The summed E-state index contributed by atoms with van der Waals surface area (Å²) < 4.78 is 52.8. The summed E-state index contributed by atoms with van der Waals surface area (Å²) in [4.78, 5) is 0. The molecule has 0 amide bonds. The van der Waals surface area contributed by atoms with E-state index in [0.717, 1.165) is 44.2 Å². The lowest BCUT2D eigenvalue weighted by Gasteiger charge is -2.37. The molecule has 0 aromatic heterocycles. The summed E-state index contributed by atoms with van der Waals surface area (Å²) in [6, 6.07) is 1.51. The van der Waals surface area contributed by atoms with Crippen molar-refractivity contribution >= 4 is 0 Å². The van der Waals surface area contributed by atoms with Crippen molar-refractivity contribution in [2.45, 2.75) is 111 Å². The molecule has 1 aromatic carbocycles. The van der Waals surface area contributed by atoms with Crippen LogP contribution in [0.2, 0.25) is 0 Å². The summed E-state index contributed by atoms with van der Waals surface area (Å²) in [6.45, 7) is 9.46. The van der Waals surface area contributed by atoms with E-state index in [1.165, 1.54) is 32.1 Å². The predicted molar refractivity (Wildman–Crippen MR) is 122 cm³/mol. The molecule has 0 aliphatic heterocycles. The first kappa shape index (κ1) is 28.0. The Morgan fingerprint density at radius 3 is 1.74 bits per heavy atom. The van der Waals surface area contributed by atoms with Crippen molar-refractivity contribution in [1.29, 1.82) is 0 Å². The van der Waals surface area contributed by atoms with Gasteiger partial charge >= 0.3 is 0 Å². The summed E-state index contributed by atoms with van der Waals surface area (Å²) in [6.07, 6.45) is 12.3. The summed E-state index contributed by atoms with van der Waals surface area (Å²) in [5, 5.41) is 0. The van der Waals surface area contributed by atoms with Gasteiger partial charge in [-0.3, -0.25) is 0 Å². The van der Waals surface area contributed by atoms with Gasteiger partial charge in [-0.1, -0.05) is 58.3 Å². The average Bonchev–Trinajstić information content (AvgIpc) is 2.70.